The lowest BCUT2D eigenvalue weighted by molar-refractivity contribution is -0.117. The molecule has 0 spiro atoms. The zero-order chi connectivity index (χ0) is 22.8. The summed E-state index contributed by atoms with van der Waals surface area (Å²) < 4.78 is 0. The number of amides is 2. The second-order valence-electron chi connectivity index (χ2n) is 8.76. The number of nitrogens with one attached hydrogen (secondary N) is 1. The van der Waals surface area contributed by atoms with Gasteiger partial charge in [0.05, 0.1) is 12.5 Å². The van der Waals surface area contributed by atoms with Crippen LogP contribution in [-0.2, 0) is 17.6 Å². The van der Waals surface area contributed by atoms with Crippen molar-refractivity contribution in [1.29, 1.82) is 0 Å². The number of H-pyrrole nitrogens is 1. The van der Waals surface area contributed by atoms with Crippen molar-refractivity contribution in [3.05, 3.63) is 70.9 Å². The van der Waals surface area contributed by atoms with E-state index in [9.17, 15) is 9.59 Å². The summed E-state index contributed by atoms with van der Waals surface area (Å²) in [6.07, 6.45) is 6.46. The maximum Gasteiger partial charge on any atom is 0.272 e. The molecule has 2 amide bonds. The minimum Gasteiger partial charge on any atom is -0.327 e. The molecule has 170 valence electrons. The zero-order valence-corrected chi connectivity index (χ0v) is 18.8. The quantitative estimate of drug-likeness (QED) is 0.629. The Morgan fingerprint density at radius 2 is 2.00 bits per heavy atom. The molecule has 3 aromatic rings. The van der Waals surface area contributed by atoms with E-state index in [1.54, 1.807) is 17.2 Å². The zero-order valence-electron chi connectivity index (χ0n) is 18.8. The summed E-state index contributed by atoms with van der Waals surface area (Å²) in [6.45, 7) is 3.22. The van der Waals surface area contributed by atoms with Gasteiger partial charge >= 0.3 is 0 Å². The lowest BCUT2D eigenvalue weighted by Gasteiger charge is -2.34. The average molecular weight is 445 g/mol. The smallest absolute Gasteiger partial charge is 0.272 e. The van der Waals surface area contributed by atoms with Crippen molar-refractivity contribution < 1.29 is 9.59 Å². The summed E-state index contributed by atoms with van der Waals surface area (Å²) in [5.41, 5.74) is 3.47. The maximum absolute atomic E-state index is 13.1. The molecule has 1 N–H and O–H groups in total. The van der Waals surface area contributed by atoms with Gasteiger partial charge in [-0.1, -0.05) is 30.3 Å². The van der Waals surface area contributed by atoms with E-state index in [1.807, 2.05) is 30.0 Å². The Bertz CT molecular complexity index is 1150. The van der Waals surface area contributed by atoms with Gasteiger partial charge in [-0.05, 0) is 50.7 Å². The van der Waals surface area contributed by atoms with E-state index in [-0.39, 0.29) is 17.9 Å². The molecule has 0 saturated carbocycles. The van der Waals surface area contributed by atoms with Crippen LogP contribution in [0, 0.1) is 6.92 Å². The first kappa shape index (κ1) is 21.3. The molecule has 5 rings (SSSR count). The van der Waals surface area contributed by atoms with Gasteiger partial charge in [-0.25, -0.2) is 9.97 Å². The van der Waals surface area contributed by atoms with Gasteiger partial charge in [-0.15, -0.1) is 0 Å². The van der Waals surface area contributed by atoms with Gasteiger partial charge < -0.3 is 4.90 Å². The van der Waals surface area contributed by atoms with E-state index >= 15 is 0 Å². The lowest BCUT2D eigenvalue weighted by Crippen LogP contribution is -2.39. The number of aryl methyl sites for hydroxylation is 2. The normalized spacial score (nSPS) is 18.0. The molecular weight excluding hydrogens is 416 g/mol. The summed E-state index contributed by atoms with van der Waals surface area (Å²) in [7, 11) is 0. The van der Waals surface area contributed by atoms with Crippen molar-refractivity contribution in [3.63, 3.8) is 0 Å². The predicted molar refractivity (Wildman–Crippen MR) is 124 cm³/mol. The number of piperidine rings is 1. The first-order chi connectivity index (χ1) is 16.1. The van der Waals surface area contributed by atoms with Gasteiger partial charge in [0.15, 0.2) is 5.82 Å². The van der Waals surface area contributed by atoms with Crippen molar-refractivity contribution in [3.8, 4) is 0 Å². The summed E-state index contributed by atoms with van der Waals surface area (Å²) in [5, 5.41) is 6.69. The monoisotopic (exact) mass is 444 g/mol. The minimum absolute atomic E-state index is 0.0710. The van der Waals surface area contributed by atoms with Crippen LogP contribution in [-0.4, -0.2) is 50.0 Å². The number of likely N-dealkylation sites (tertiary alicyclic amines) is 1. The van der Waals surface area contributed by atoms with Gasteiger partial charge in [-0.2, -0.15) is 5.10 Å². The second kappa shape index (κ2) is 9.13. The molecule has 0 bridgehead atoms. The first-order valence-corrected chi connectivity index (χ1v) is 11.6. The second-order valence-corrected chi connectivity index (χ2v) is 8.76. The average Bonchev–Trinajstić information content (AvgIpc) is 3.48. The fraction of sp³-hybridized carbons (Fsp3) is 0.400. The molecule has 1 atom stereocenters. The number of carbonyl (C=O) groups excluding carboxylic acids is 2. The van der Waals surface area contributed by atoms with Crippen molar-refractivity contribution in [2.45, 2.75) is 51.5 Å². The van der Waals surface area contributed by atoms with Gasteiger partial charge in [0.25, 0.3) is 5.91 Å². The molecule has 2 aromatic heterocycles. The van der Waals surface area contributed by atoms with Gasteiger partial charge in [-0.3, -0.25) is 19.6 Å². The van der Waals surface area contributed by atoms with Crippen LogP contribution in [0.1, 0.15) is 64.9 Å². The van der Waals surface area contributed by atoms with Gasteiger partial charge in [0.2, 0.25) is 5.91 Å². The number of hydrogen-bond acceptors (Lipinski definition) is 5. The number of rotatable bonds is 6. The van der Waals surface area contributed by atoms with Gasteiger partial charge in [0.1, 0.15) is 11.5 Å². The third-order valence-corrected chi connectivity index (χ3v) is 6.58. The van der Waals surface area contributed by atoms with Crippen LogP contribution in [0.2, 0.25) is 0 Å². The summed E-state index contributed by atoms with van der Waals surface area (Å²) >= 11 is 0. The van der Waals surface area contributed by atoms with E-state index in [4.69, 9.17) is 9.97 Å². The number of aromatic nitrogens is 4. The number of hydrogen-bond donors (Lipinski definition) is 1. The molecule has 0 aliphatic carbocycles. The van der Waals surface area contributed by atoms with Crippen molar-refractivity contribution in [1.82, 2.24) is 25.1 Å². The number of anilines is 1. The predicted octanol–water partition coefficient (Wildman–Crippen LogP) is 3.40. The number of aromatic amines is 1. The Hall–Kier alpha value is -3.55. The first-order valence-electron chi connectivity index (χ1n) is 11.6. The van der Waals surface area contributed by atoms with Crippen molar-refractivity contribution >= 4 is 17.6 Å². The summed E-state index contributed by atoms with van der Waals surface area (Å²) in [5.74, 6) is 1.33. The van der Waals surface area contributed by atoms with Crippen molar-refractivity contribution in [2.24, 2.45) is 0 Å². The number of carbonyl (C=O) groups is 2. The molecule has 8 heteroatoms. The highest BCUT2D eigenvalue weighted by atomic mass is 16.2. The molecule has 1 fully saturated rings. The Morgan fingerprint density at radius 1 is 1.15 bits per heavy atom. The molecular formula is C25H28N6O2. The fourth-order valence-electron chi connectivity index (χ4n) is 4.84. The van der Waals surface area contributed by atoms with Gasteiger partial charge in [0, 0.05) is 30.5 Å². The maximum atomic E-state index is 13.1. The highest BCUT2D eigenvalue weighted by Gasteiger charge is 2.35. The van der Waals surface area contributed by atoms with Crippen LogP contribution < -0.4 is 4.90 Å². The van der Waals surface area contributed by atoms with E-state index < -0.39 is 0 Å². The van der Waals surface area contributed by atoms with Crippen molar-refractivity contribution in [2.75, 3.05) is 18.0 Å². The minimum atomic E-state index is -0.208. The van der Waals surface area contributed by atoms with Crippen LogP contribution in [0.25, 0.3) is 0 Å². The fourth-order valence-corrected chi connectivity index (χ4v) is 4.84. The molecule has 2 aliphatic heterocycles. The Morgan fingerprint density at radius 3 is 2.79 bits per heavy atom. The lowest BCUT2D eigenvalue weighted by atomic mass is 10.0. The van der Waals surface area contributed by atoms with E-state index in [0.717, 1.165) is 49.2 Å². The Kier molecular flexibility index (Phi) is 5.90. The van der Waals surface area contributed by atoms with Crippen LogP contribution >= 0.6 is 0 Å². The SMILES string of the molecule is Cc1nc([C@H]2CCCCN2C(=O)c2ccn[nH]2)nc2c1CC(=O)N2CCCc1ccccc1. The number of nitrogens with zero attached hydrogens (tertiary/aromatic N) is 5. The molecule has 1 saturated heterocycles. The molecule has 33 heavy (non-hydrogen) atoms. The van der Waals surface area contributed by atoms with E-state index in [1.165, 1.54) is 5.56 Å². The molecule has 1 aromatic carbocycles. The third kappa shape index (κ3) is 4.25. The largest absolute Gasteiger partial charge is 0.327 e. The Labute approximate surface area is 193 Å². The van der Waals surface area contributed by atoms with Crippen LogP contribution in [0.5, 0.6) is 0 Å². The Balaban J connectivity index is 1.39. The molecule has 4 heterocycles. The van der Waals surface area contributed by atoms with Crippen LogP contribution in [0.4, 0.5) is 5.82 Å². The van der Waals surface area contributed by atoms with E-state index in [0.29, 0.717) is 31.0 Å². The molecule has 2 aliphatic rings. The summed E-state index contributed by atoms with van der Waals surface area (Å²) in [6, 6.07) is 11.8. The third-order valence-electron chi connectivity index (χ3n) is 6.58. The molecule has 8 nitrogen and oxygen atoms in total. The topological polar surface area (TPSA) is 95.1 Å². The van der Waals surface area contributed by atoms with Crippen LogP contribution in [0.3, 0.4) is 0 Å². The standard InChI is InChI=1S/C25H28N6O2/c1-17-19-16-22(32)31(15-7-10-18-8-3-2-4-9-18)24(19)28-23(27-17)21-11-5-6-14-30(21)25(33)20-12-13-26-29-20/h2-4,8-9,12-13,21H,5-7,10-11,14-16H2,1H3,(H,26,29)/t21-/m1/s1. The molecule has 0 unspecified atom stereocenters. The molecule has 0 radical (unpaired) electrons. The highest BCUT2D eigenvalue weighted by Crippen LogP contribution is 2.35. The van der Waals surface area contributed by atoms with E-state index in [2.05, 4.69) is 22.3 Å². The number of benzene rings is 1. The summed E-state index contributed by atoms with van der Waals surface area (Å²) in [4.78, 5) is 39.2. The number of fused-ring (bicyclic) bond motifs is 1. The highest BCUT2D eigenvalue weighted by molar-refractivity contribution is 6.00. The van der Waals surface area contributed by atoms with Crippen LogP contribution in [0.15, 0.2) is 42.6 Å².